The molecule has 4 nitrogen and oxygen atoms in total. The lowest BCUT2D eigenvalue weighted by molar-refractivity contribution is -0.132. The number of halogens is 1. The molecule has 1 aliphatic rings. The summed E-state index contributed by atoms with van der Waals surface area (Å²) in [7, 11) is 0. The molecule has 0 spiro atoms. The molecule has 0 aromatic carbocycles. The normalized spacial score (nSPS) is 16.5. The topological polar surface area (TPSA) is 35.6 Å². The minimum absolute atomic E-state index is 0. The van der Waals surface area contributed by atoms with Crippen LogP contribution in [0.1, 0.15) is 46.5 Å². The lowest BCUT2D eigenvalue weighted by Gasteiger charge is -2.33. The molecule has 0 aliphatic carbocycles. The molecular weight excluding hydrogens is 286 g/mol. The van der Waals surface area contributed by atoms with E-state index in [1.165, 1.54) is 12.8 Å². The van der Waals surface area contributed by atoms with E-state index in [-0.39, 0.29) is 12.4 Å². The minimum Gasteiger partial charge on any atom is -0.342 e. The fourth-order valence-electron chi connectivity index (χ4n) is 2.89. The number of amides is 1. The van der Waals surface area contributed by atoms with Crippen molar-refractivity contribution in [3.63, 3.8) is 0 Å². The van der Waals surface area contributed by atoms with Gasteiger partial charge in [-0.15, -0.1) is 12.4 Å². The van der Waals surface area contributed by atoms with E-state index in [1.54, 1.807) is 0 Å². The van der Waals surface area contributed by atoms with Crippen molar-refractivity contribution < 1.29 is 4.79 Å². The van der Waals surface area contributed by atoms with Gasteiger partial charge in [-0.3, -0.25) is 9.69 Å². The van der Waals surface area contributed by atoms with Crippen molar-refractivity contribution in [2.24, 2.45) is 5.92 Å². The van der Waals surface area contributed by atoms with Gasteiger partial charge in [-0.25, -0.2) is 0 Å². The quantitative estimate of drug-likeness (QED) is 0.709. The summed E-state index contributed by atoms with van der Waals surface area (Å²) in [5.41, 5.74) is 0. The molecule has 21 heavy (non-hydrogen) atoms. The van der Waals surface area contributed by atoms with Crippen LogP contribution in [0.2, 0.25) is 0 Å². The van der Waals surface area contributed by atoms with Gasteiger partial charge >= 0.3 is 0 Å². The third-order valence-corrected chi connectivity index (χ3v) is 4.09. The number of hydrogen-bond donors (Lipinski definition) is 1. The zero-order valence-corrected chi connectivity index (χ0v) is 14.9. The van der Waals surface area contributed by atoms with E-state index in [2.05, 4.69) is 31.0 Å². The Kier molecular flexibility index (Phi) is 12.1. The summed E-state index contributed by atoms with van der Waals surface area (Å²) < 4.78 is 0. The van der Waals surface area contributed by atoms with E-state index in [0.717, 1.165) is 58.0 Å². The second kappa shape index (κ2) is 12.2. The van der Waals surface area contributed by atoms with Gasteiger partial charge in [0.1, 0.15) is 0 Å². The SMILES string of the molecule is CCCN(CCC)C(=O)CN1CCC(CNCC)CC1.Cl. The highest BCUT2D eigenvalue weighted by atomic mass is 35.5. The summed E-state index contributed by atoms with van der Waals surface area (Å²) in [4.78, 5) is 16.7. The van der Waals surface area contributed by atoms with Crippen molar-refractivity contribution in [1.29, 1.82) is 0 Å². The summed E-state index contributed by atoms with van der Waals surface area (Å²) in [6, 6.07) is 0. The Labute approximate surface area is 137 Å². The molecule has 126 valence electrons. The molecule has 1 amide bonds. The zero-order chi connectivity index (χ0) is 14.8. The Morgan fingerprint density at radius 1 is 1.14 bits per heavy atom. The lowest BCUT2D eigenvalue weighted by atomic mass is 9.97. The summed E-state index contributed by atoms with van der Waals surface area (Å²) in [6.07, 6.45) is 4.55. The first-order valence-corrected chi connectivity index (χ1v) is 8.42. The fraction of sp³-hybridized carbons (Fsp3) is 0.938. The molecule has 1 heterocycles. The first kappa shape index (κ1) is 20.7. The smallest absolute Gasteiger partial charge is 0.236 e. The molecule has 1 N–H and O–H groups in total. The molecule has 0 atom stereocenters. The molecule has 1 aliphatic heterocycles. The summed E-state index contributed by atoms with van der Waals surface area (Å²) >= 11 is 0. The highest BCUT2D eigenvalue weighted by molar-refractivity contribution is 5.85. The zero-order valence-electron chi connectivity index (χ0n) is 14.1. The largest absolute Gasteiger partial charge is 0.342 e. The van der Waals surface area contributed by atoms with Crippen LogP contribution in [-0.2, 0) is 4.79 Å². The van der Waals surface area contributed by atoms with E-state index >= 15 is 0 Å². The second-order valence-electron chi connectivity index (χ2n) is 5.91. The summed E-state index contributed by atoms with van der Waals surface area (Å²) in [6.45, 7) is 13.2. The van der Waals surface area contributed by atoms with E-state index < -0.39 is 0 Å². The monoisotopic (exact) mass is 319 g/mol. The van der Waals surface area contributed by atoms with Gasteiger partial charge in [0.05, 0.1) is 6.54 Å². The minimum atomic E-state index is 0. The van der Waals surface area contributed by atoms with Crippen LogP contribution in [0.3, 0.4) is 0 Å². The standard InChI is InChI=1S/C16H33N3O.ClH/c1-4-9-19(10-5-2)16(20)14-18-11-7-15(8-12-18)13-17-6-3;/h15,17H,4-14H2,1-3H3;1H. The molecule has 0 radical (unpaired) electrons. The van der Waals surface area contributed by atoms with Gasteiger partial charge in [-0.1, -0.05) is 20.8 Å². The van der Waals surface area contributed by atoms with Gasteiger partial charge < -0.3 is 10.2 Å². The number of nitrogens with zero attached hydrogens (tertiary/aromatic N) is 2. The highest BCUT2D eigenvalue weighted by Gasteiger charge is 2.22. The molecular formula is C16H34ClN3O. The van der Waals surface area contributed by atoms with Gasteiger partial charge in [0.2, 0.25) is 5.91 Å². The average Bonchev–Trinajstić information content (AvgIpc) is 2.46. The molecule has 1 saturated heterocycles. The van der Waals surface area contributed by atoms with Crippen molar-refractivity contribution in [3.05, 3.63) is 0 Å². The molecule has 1 fully saturated rings. The van der Waals surface area contributed by atoms with Crippen LogP contribution in [0.5, 0.6) is 0 Å². The van der Waals surface area contributed by atoms with Crippen LogP contribution in [-0.4, -0.2) is 61.5 Å². The summed E-state index contributed by atoms with van der Waals surface area (Å²) in [5.74, 6) is 1.11. The second-order valence-corrected chi connectivity index (χ2v) is 5.91. The van der Waals surface area contributed by atoms with Gasteiger partial charge in [-0.05, 0) is 57.8 Å². The number of likely N-dealkylation sites (tertiary alicyclic amines) is 1. The predicted octanol–water partition coefficient (Wildman–Crippen LogP) is 2.38. The number of piperidine rings is 1. The van der Waals surface area contributed by atoms with Gasteiger partial charge in [-0.2, -0.15) is 0 Å². The summed E-state index contributed by atoms with van der Waals surface area (Å²) in [5, 5.41) is 3.43. The van der Waals surface area contributed by atoms with E-state index in [1.807, 2.05) is 4.90 Å². The highest BCUT2D eigenvalue weighted by Crippen LogP contribution is 2.16. The van der Waals surface area contributed by atoms with Crippen LogP contribution in [0.4, 0.5) is 0 Å². The maximum absolute atomic E-state index is 12.3. The van der Waals surface area contributed by atoms with Gasteiger partial charge in [0.15, 0.2) is 0 Å². The van der Waals surface area contributed by atoms with Crippen molar-refractivity contribution in [2.75, 3.05) is 45.8 Å². The Balaban J connectivity index is 0.00000400. The Morgan fingerprint density at radius 3 is 2.19 bits per heavy atom. The Hall–Kier alpha value is -0.320. The van der Waals surface area contributed by atoms with Crippen molar-refractivity contribution in [2.45, 2.75) is 46.5 Å². The molecule has 0 aromatic heterocycles. The maximum Gasteiger partial charge on any atom is 0.236 e. The third kappa shape index (κ3) is 8.03. The molecule has 5 heteroatoms. The number of nitrogens with one attached hydrogen (secondary N) is 1. The molecule has 0 unspecified atom stereocenters. The van der Waals surface area contributed by atoms with Crippen LogP contribution >= 0.6 is 12.4 Å². The lowest BCUT2D eigenvalue weighted by Crippen LogP contribution is -2.44. The average molecular weight is 320 g/mol. The van der Waals surface area contributed by atoms with Crippen molar-refractivity contribution in [3.8, 4) is 0 Å². The molecule has 0 aromatic rings. The predicted molar refractivity (Wildman–Crippen MR) is 92.1 cm³/mol. The maximum atomic E-state index is 12.3. The van der Waals surface area contributed by atoms with Crippen molar-refractivity contribution >= 4 is 18.3 Å². The van der Waals surface area contributed by atoms with Crippen LogP contribution in [0, 0.1) is 5.92 Å². The van der Waals surface area contributed by atoms with E-state index in [0.29, 0.717) is 12.5 Å². The van der Waals surface area contributed by atoms with Crippen LogP contribution < -0.4 is 5.32 Å². The Morgan fingerprint density at radius 2 is 1.71 bits per heavy atom. The molecule has 0 saturated carbocycles. The van der Waals surface area contributed by atoms with Gasteiger partial charge in [0, 0.05) is 13.1 Å². The van der Waals surface area contributed by atoms with E-state index in [9.17, 15) is 4.79 Å². The number of carbonyl (C=O) groups is 1. The number of rotatable bonds is 9. The van der Waals surface area contributed by atoms with Gasteiger partial charge in [0.25, 0.3) is 0 Å². The van der Waals surface area contributed by atoms with Crippen molar-refractivity contribution in [1.82, 2.24) is 15.1 Å². The fourth-order valence-corrected chi connectivity index (χ4v) is 2.89. The first-order chi connectivity index (χ1) is 9.71. The number of hydrogen-bond acceptors (Lipinski definition) is 3. The molecule has 1 rings (SSSR count). The van der Waals surface area contributed by atoms with Crippen LogP contribution in [0.15, 0.2) is 0 Å². The Bertz CT molecular complexity index is 262. The molecule has 0 bridgehead atoms. The number of carbonyl (C=O) groups excluding carboxylic acids is 1. The van der Waals surface area contributed by atoms with Crippen LogP contribution in [0.25, 0.3) is 0 Å². The first-order valence-electron chi connectivity index (χ1n) is 8.42. The van der Waals surface area contributed by atoms with E-state index in [4.69, 9.17) is 0 Å². The third-order valence-electron chi connectivity index (χ3n) is 4.09.